The van der Waals surface area contributed by atoms with Crippen LogP contribution in [-0.2, 0) is 9.59 Å². The predicted octanol–water partition coefficient (Wildman–Crippen LogP) is 2.03. The van der Waals surface area contributed by atoms with Gasteiger partial charge in [-0.05, 0) is 52.5 Å². The number of carbonyl (C=O) groups excluding carboxylic acids is 2. The number of fused-ring (bicyclic) bond motifs is 1. The molecule has 0 aromatic rings. The van der Waals surface area contributed by atoms with Crippen molar-refractivity contribution in [2.75, 3.05) is 0 Å². The third-order valence-corrected chi connectivity index (χ3v) is 4.69. The molecule has 2 rings (SSSR count). The van der Waals surface area contributed by atoms with Gasteiger partial charge in [0.15, 0.2) is 5.78 Å². The molecule has 0 aromatic heterocycles. The van der Waals surface area contributed by atoms with Crippen molar-refractivity contribution in [2.24, 2.45) is 11.3 Å². The highest BCUT2D eigenvalue weighted by atomic mass is 16.3. The smallest absolute Gasteiger partial charge is 0.172 e. The lowest BCUT2D eigenvalue weighted by Crippen LogP contribution is -2.41. The molecule has 0 aliphatic heterocycles. The van der Waals surface area contributed by atoms with Gasteiger partial charge in [0.2, 0.25) is 0 Å². The third kappa shape index (κ3) is 1.45. The minimum Gasteiger partial charge on any atom is -0.390 e. The molecule has 0 spiro atoms. The van der Waals surface area contributed by atoms with Crippen molar-refractivity contribution in [3.05, 3.63) is 11.1 Å². The van der Waals surface area contributed by atoms with E-state index in [0.29, 0.717) is 19.3 Å². The largest absolute Gasteiger partial charge is 0.390 e. The molecule has 0 radical (unpaired) electrons. The quantitative estimate of drug-likeness (QED) is 0.560. The van der Waals surface area contributed by atoms with Gasteiger partial charge in [-0.25, -0.2) is 0 Å². The predicted molar refractivity (Wildman–Crippen MR) is 64.5 cm³/mol. The summed E-state index contributed by atoms with van der Waals surface area (Å²) < 4.78 is 0. The minimum absolute atomic E-state index is 0.0345. The zero-order valence-electron chi connectivity index (χ0n) is 11.0. The summed E-state index contributed by atoms with van der Waals surface area (Å²) in [6, 6.07) is 0. The summed E-state index contributed by atoms with van der Waals surface area (Å²) >= 11 is 0. The van der Waals surface area contributed by atoms with E-state index in [1.807, 2.05) is 13.8 Å². The molecule has 17 heavy (non-hydrogen) atoms. The maximum Gasteiger partial charge on any atom is 0.172 e. The average molecular weight is 236 g/mol. The van der Waals surface area contributed by atoms with Gasteiger partial charge in [0, 0.05) is 5.92 Å². The molecule has 1 N–H and O–H groups in total. The first-order chi connectivity index (χ1) is 7.73. The average Bonchev–Trinajstić information content (AvgIpc) is 2.63. The van der Waals surface area contributed by atoms with Crippen molar-refractivity contribution in [1.82, 2.24) is 0 Å². The molecule has 2 aliphatic rings. The van der Waals surface area contributed by atoms with Gasteiger partial charge in [-0.1, -0.05) is 5.57 Å². The molecule has 3 nitrogen and oxygen atoms in total. The second kappa shape index (κ2) is 3.52. The first kappa shape index (κ1) is 12.5. The van der Waals surface area contributed by atoms with Crippen LogP contribution in [0.25, 0.3) is 0 Å². The van der Waals surface area contributed by atoms with Gasteiger partial charge >= 0.3 is 0 Å². The van der Waals surface area contributed by atoms with E-state index in [1.165, 1.54) is 6.92 Å². The van der Waals surface area contributed by atoms with Crippen LogP contribution in [0.2, 0.25) is 0 Å². The van der Waals surface area contributed by atoms with E-state index in [4.69, 9.17) is 0 Å². The first-order valence-corrected chi connectivity index (χ1v) is 6.18. The van der Waals surface area contributed by atoms with E-state index in [9.17, 15) is 14.7 Å². The van der Waals surface area contributed by atoms with Gasteiger partial charge in [-0.2, -0.15) is 0 Å². The number of Topliss-reactive ketones (excluding diaryl/α,β-unsaturated/α-hetero) is 2. The van der Waals surface area contributed by atoms with Crippen LogP contribution in [0.4, 0.5) is 0 Å². The fourth-order valence-corrected chi connectivity index (χ4v) is 3.57. The summed E-state index contributed by atoms with van der Waals surface area (Å²) in [5, 5.41) is 10.4. The normalized spacial score (nSPS) is 40.6. The summed E-state index contributed by atoms with van der Waals surface area (Å²) in [5.41, 5.74) is -0.0970. The van der Waals surface area contributed by atoms with E-state index in [2.05, 4.69) is 0 Å². The molecule has 3 heteroatoms. The highest BCUT2D eigenvalue weighted by molar-refractivity contribution is 6.16. The Bertz CT molecular complexity index is 427. The van der Waals surface area contributed by atoms with Gasteiger partial charge in [-0.15, -0.1) is 0 Å². The summed E-state index contributed by atoms with van der Waals surface area (Å²) in [6.07, 6.45) is 1.59. The Labute approximate surface area is 102 Å². The van der Waals surface area contributed by atoms with E-state index >= 15 is 0 Å². The fourth-order valence-electron chi connectivity index (χ4n) is 3.57. The monoisotopic (exact) mass is 236 g/mol. The Hall–Kier alpha value is -0.960. The maximum atomic E-state index is 12.5. The van der Waals surface area contributed by atoms with Crippen molar-refractivity contribution in [1.29, 1.82) is 0 Å². The first-order valence-electron chi connectivity index (χ1n) is 6.18. The minimum atomic E-state index is -0.934. The van der Waals surface area contributed by atoms with Crippen LogP contribution in [-0.4, -0.2) is 22.3 Å². The standard InChI is InChI=1S/C14H20O3/c1-8(2)10-7-11-13(4,17)5-6-14(11,9(3)15)12(10)16/h11,17H,5-7H2,1-4H3/t11-,13-,14-/m0/s1. The number of aliphatic hydroxyl groups is 1. The summed E-state index contributed by atoms with van der Waals surface area (Å²) in [5.74, 6) is -0.348. The van der Waals surface area contributed by atoms with Crippen LogP contribution >= 0.6 is 0 Å². The molecule has 2 aliphatic carbocycles. The number of allylic oxidation sites excluding steroid dienone is 2. The summed E-state index contributed by atoms with van der Waals surface area (Å²) in [4.78, 5) is 24.5. The van der Waals surface area contributed by atoms with Crippen LogP contribution < -0.4 is 0 Å². The Morgan fingerprint density at radius 1 is 1.29 bits per heavy atom. The van der Waals surface area contributed by atoms with Crippen molar-refractivity contribution in [3.63, 3.8) is 0 Å². The maximum absolute atomic E-state index is 12.5. The van der Waals surface area contributed by atoms with Crippen LogP contribution in [0.3, 0.4) is 0 Å². The molecule has 3 atom stereocenters. The van der Waals surface area contributed by atoms with Crippen molar-refractivity contribution < 1.29 is 14.7 Å². The van der Waals surface area contributed by atoms with Crippen LogP contribution in [0.15, 0.2) is 11.1 Å². The lowest BCUT2D eigenvalue weighted by Gasteiger charge is -2.29. The fraction of sp³-hybridized carbons (Fsp3) is 0.714. The molecule has 94 valence electrons. The van der Waals surface area contributed by atoms with Crippen LogP contribution in [0.1, 0.15) is 47.0 Å². The summed E-state index contributed by atoms with van der Waals surface area (Å²) in [6.45, 7) is 7.04. The SMILES string of the molecule is CC(=O)[C@@]12CC[C@](C)(O)[C@@H]1CC(=C(C)C)C2=O. The van der Waals surface area contributed by atoms with Crippen molar-refractivity contribution >= 4 is 11.6 Å². The van der Waals surface area contributed by atoms with Gasteiger partial charge in [0.05, 0.1) is 11.0 Å². The molecule has 0 aromatic carbocycles. The Morgan fingerprint density at radius 2 is 1.88 bits per heavy atom. The lowest BCUT2D eigenvalue weighted by molar-refractivity contribution is -0.139. The molecule has 0 bridgehead atoms. The number of hydrogen-bond acceptors (Lipinski definition) is 3. The van der Waals surface area contributed by atoms with Gasteiger partial charge in [-0.3, -0.25) is 9.59 Å². The second-order valence-corrected chi connectivity index (χ2v) is 5.95. The number of hydrogen-bond donors (Lipinski definition) is 1. The highest BCUT2D eigenvalue weighted by Crippen LogP contribution is 2.58. The van der Waals surface area contributed by atoms with Crippen LogP contribution in [0, 0.1) is 11.3 Å². The number of ketones is 2. The van der Waals surface area contributed by atoms with Crippen molar-refractivity contribution in [2.45, 2.75) is 52.6 Å². The summed E-state index contributed by atoms with van der Waals surface area (Å²) in [7, 11) is 0. The Balaban J connectivity index is 2.58. The zero-order valence-corrected chi connectivity index (χ0v) is 11.0. The van der Waals surface area contributed by atoms with Gasteiger partial charge < -0.3 is 5.11 Å². The van der Waals surface area contributed by atoms with Crippen molar-refractivity contribution in [3.8, 4) is 0 Å². The molecule has 0 saturated heterocycles. The molecular formula is C14H20O3. The molecular weight excluding hydrogens is 216 g/mol. The molecule has 2 saturated carbocycles. The van der Waals surface area contributed by atoms with Crippen LogP contribution in [0.5, 0.6) is 0 Å². The van der Waals surface area contributed by atoms with Gasteiger partial charge in [0.25, 0.3) is 0 Å². The lowest BCUT2D eigenvalue weighted by atomic mass is 9.73. The van der Waals surface area contributed by atoms with E-state index < -0.39 is 11.0 Å². The highest BCUT2D eigenvalue weighted by Gasteiger charge is 2.65. The number of carbonyl (C=O) groups is 2. The molecule has 0 heterocycles. The Kier molecular flexibility index (Phi) is 2.58. The van der Waals surface area contributed by atoms with E-state index in [1.54, 1.807) is 6.92 Å². The molecule has 2 fully saturated rings. The number of rotatable bonds is 1. The van der Waals surface area contributed by atoms with E-state index in [0.717, 1.165) is 11.1 Å². The topological polar surface area (TPSA) is 54.4 Å². The zero-order chi connectivity index (χ0) is 13.0. The second-order valence-electron chi connectivity index (χ2n) is 5.95. The third-order valence-electron chi connectivity index (χ3n) is 4.69. The molecule has 0 unspecified atom stereocenters. The van der Waals surface area contributed by atoms with Gasteiger partial charge in [0.1, 0.15) is 5.78 Å². The van der Waals surface area contributed by atoms with E-state index in [-0.39, 0.29) is 17.5 Å². The Morgan fingerprint density at radius 3 is 2.29 bits per heavy atom. The molecule has 0 amide bonds.